The first-order valence-electron chi connectivity index (χ1n) is 4.69. The third kappa shape index (κ3) is 1.49. The predicted molar refractivity (Wildman–Crippen MR) is 49.5 cm³/mol. The van der Waals surface area contributed by atoms with E-state index in [1.807, 2.05) is 24.5 Å². The van der Waals surface area contributed by atoms with Crippen molar-refractivity contribution in [3.8, 4) is 0 Å². The molecule has 1 aliphatic rings. The largest absolute Gasteiger partial charge is 0.394 e. The first-order chi connectivity index (χ1) is 6.37. The number of nitrogens with zero attached hydrogens (tertiary/aromatic N) is 1. The number of rotatable bonds is 2. The van der Waals surface area contributed by atoms with Crippen LogP contribution in [0.3, 0.4) is 0 Å². The van der Waals surface area contributed by atoms with Gasteiger partial charge in [0.2, 0.25) is 0 Å². The van der Waals surface area contributed by atoms with Gasteiger partial charge in [-0.25, -0.2) is 0 Å². The Balaban J connectivity index is 2.23. The summed E-state index contributed by atoms with van der Waals surface area (Å²) in [5.74, 6) is 0. The van der Waals surface area contributed by atoms with Gasteiger partial charge in [-0.1, -0.05) is 0 Å². The standard InChI is InChI=1S/C10H15NO2/c12-9-10(3-7-13-8-4-10)11-5-1-2-6-11/h1-2,5-6,12H,3-4,7-9H2. The average molecular weight is 181 g/mol. The average Bonchev–Trinajstić information content (AvgIpc) is 2.72. The van der Waals surface area contributed by atoms with Crippen LogP contribution in [-0.4, -0.2) is 29.5 Å². The van der Waals surface area contributed by atoms with E-state index in [1.54, 1.807) is 0 Å². The Bertz CT molecular complexity index is 250. The minimum absolute atomic E-state index is 0.109. The second-order valence-electron chi connectivity index (χ2n) is 3.59. The van der Waals surface area contributed by atoms with Gasteiger partial charge in [0, 0.05) is 25.6 Å². The Labute approximate surface area is 77.9 Å². The van der Waals surface area contributed by atoms with E-state index in [-0.39, 0.29) is 12.1 Å². The first kappa shape index (κ1) is 8.78. The van der Waals surface area contributed by atoms with Crippen LogP contribution in [0.2, 0.25) is 0 Å². The van der Waals surface area contributed by atoms with Crippen molar-refractivity contribution >= 4 is 0 Å². The van der Waals surface area contributed by atoms with Gasteiger partial charge in [-0.2, -0.15) is 0 Å². The molecule has 0 aliphatic carbocycles. The van der Waals surface area contributed by atoms with Crippen molar-refractivity contribution in [2.45, 2.75) is 18.4 Å². The fraction of sp³-hybridized carbons (Fsp3) is 0.600. The molecular formula is C10H15NO2. The Kier molecular flexibility index (Phi) is 2.38. The van der Waals surface area contributed by atoms with Crippen LogP contribution in [0, 0.1) is 0 Å². The van der Waals surface area contributed by atoms with Gasteiger partial charge < -0.3 is 14.4 Å². The summed E-state index contributed by atoms with van der Waals surface area (Å²) in [6.07, 6.45) is 5.83. The molecule has 1 N–H and O–H groups in total. The molecule has 1 aliphatic heterocycles. The van der Waals surface area contributed by atoms with E-state index < -0.39 is 0 Å². The lowest BCUT2D eigenvalue weighted by Crippen LogP contribution is -2.42. The monoisotopic (exact) mass is 181 g/mol. The summed E-state index contributed by atoms with van der Waals surface area (Å²) in [6, 6.07) is 3.99. The maximum Gasteiger partial charge on any atom is 0.0713 e. The van der Waals surface area contributed by atoms with Gasteiger partial charge >= 0.3 is 0 Å². The number of ether oxygens (including phenoxy) is 1. The van der Waals surface area contributed by atoms with Crippen LogP contribution >= 0.6 is 0 Å². The zero-order valence-electron chi connectivity index (χ0n) is 7.65. The second kappa shape index (κ2) is 3.52. The molecule has 0 bridgehead atoms. The van der Waals surface area contributed by atoms with E-state index in [0.717, 1.165) is 26.1 Å². The van der Waals surface area contributed by atoms with Crippen molar-refractivity contribution < 1.29 is 9.84 Å². The van der Waals surface area contributed by atoms with Crippen molar-refractivity contribution in [3.63, 3.8) is 0 Å². The molecule has 0 radical (unpaired) electrons. The molecule has 0 atom stereocenters. The van der Waals surface area contributed by atoms with Crippen LogP contribution in [0.15, 0.2) is 24.5 Å². The lowest BCUT2D eigenvalue weighted by Gasteiger charge is -2.37. The van der Waals surface area contributed by atoms with Crippen LogP contribution in [0.5, 0.6) is 0 Å². The van der Waals surface area contributed by atoms with Gasteiger partial charge in [0.25, 0.3) is 0 Å². The topological polar surface area (TPSA) is 34.4 Å². The molecule has 0 saturated carbocycles. The van der Waals surface area contributed by atoms with Crippen molar-refractivity contribution in [1.29, 1.82) is 0 Å². The van der Waals surface area contributed by atoms with E-state index in [2.05, 4.69) is 4.57 Å². The van der Waals surface area contributed by atoms with Crippen LogP contribution < -0.4 is 0 Å². The summed E-state index contributed by atoms with van der Waals surface area (Å²) in [6.45, 7) is 1.70. The first-order valence-corrected chi connectivity index (χ1v) is 4.69. The fourth-order valence-electron chi connectivity index (χ4n) is 1.90. The Morgan fingerprint density at radius 3 is 2.38 bits per heavy atom. The zero-order valence-corrected chi connectivity index (χ0v) is 7.65. The summed E-state index contributed by atoms with van der Waals surface area (Å²) in [5.41, 5.74) is -0.109. The molecular weight excluding hydrogens is 166 g/mol. The fourth-order valence-corrected chi connectivity index (χ4v) is 1.90. The number of aliphatic hydroxyl groups is 1. The van der Waals surface area contributed by atoms with E-state index in [1.165, 1.54) is 0 Å². The zero-order chi connectivity index (χ0) is 9.15. The van der Waals surface area contributed by atoms with Crippen LogP contribution in [0.1, 0.15) is 12.8 Å². The molecule has 1 saturated heterocycles. The molecule has 2 rings (SSSR count). The number of aromatic nitrogens is 1. The molecule has 1 aromatic rings. The SMILES string of the molecule is OCC1(n2cccc2)CCOCC1. The summed E-state index contributed by atoms with van der Waals surface area (Å²) in [7, 11) is 0. The summed E-state index contributed by atoms with van der Waals surface area (Å²) < 4.78 is 7.41. The maximum absolute atomic E-state index is 9.44. The van der Waals surface area contributed by atoms with Gasteiger partial charge in [-0.05, 0) is 25.0 Å². The lowest BCUT2D eigenvalue weighted by atomic mass is 9.91. The number of hydrogen-bond acceptors (Lipinski definition) is 2. The van der Waals surface area contributed by atoms with Crippen molar-refractivity contribution in [2.24, 2.45) is 0 Å². The van der Waals surface area contributed by atoms with Crippen LogP contribution in [0.4, 0.5) is 0 Å². The summed E-state index contributed by atoms with van der Waals surface area (Å²) in [4.78, 5) is 0. The molecule has 13 heavy (non-hydrogen) atoms. The Morgan fingerprint density at radius 2 is 1.85 bits per heavy atom. The second-order valence-corrected chi connectivity index (χ2v) is 3.59. The molecule has 3 heteroatoms. The molecule has 3 nitrogen and oxygen atoms in total. The van der Waals surface area contributed by atoms with Crippen LogP contribution in [0.25, 0.3) is 0 Å². The maximum atomic E-state index is 9.44. The molecule has 0 aromatic carbocycles. The molecule has 0 amide bonds. The van der Waals surface area contributed by atoms with Crippen molar-refractivity contribution in [2.75, 3.05) is 19.8 Å². The quantitative estimate of drug-likeness (QED) is 0.738. The summed E-state index contributed by atoms with van der Waals surface area (Å²) >= 11 is 0. The molecule has 2 heterocycles. The van der Waals surface area contributed by atoms with Gasteiger partial charge in [0.15, 0.2) is 0 Å². The van der Waals surface area contributed by atoms with Crippen molar-refractivity contribution in [3.05, 3.63) is 24.5 Å². The highest BCUT2D eigenvalue weighted by molar-refractivity contribution is 4.99. The molecule has 1 fully saturated rings. The van der Waals surface area contributed by atoms with Crippen molar-refractivity contribution in [1.82, 2.24) is 4.57 Å². The van der Waals surface area contributed by atoms with Gasteiger partial charge in [0.1, 0.15) is 0 Å². The van der Waals surface area contributed by atoms with Crippen LogP contribution in [-0.2, 0) is 10.3 Å². The molecule has 72 valence electrons. The summed E-state index contributed by atoms with van der Waals surface area (Å²) in [5, 5.41) is 9.44. The predicted octanol–water partition coefficient (Wildman–Crippen LogP) is 0.986. The highest BCUT2D eigenvalue weighted by Gasteiger charge is 2.32. The van der Waals surface area contributed by atoms with Gasteiger partial charge in [-0.3, -0.25) is 0 Å². The van der Waals surface area contributed by atoms with E-state index in [9.17, 15) is 5.11 Å². The highest BCUT2D eigenvalue weighted by Crippen LogP contribution is 2.28. The lowest BCUT2D eigenvalue weighted by molar-refractivity contribution is -0.00806. The number of aliphatic hydroxyl groups excluding tert-OH is 1. The smallest absolute Gasteiger partial charge is 0.0713 e. The third-order valence-corrected chi connectivity index (χ3v) is 2.87. The molecule has 0 spiro atoms. The normalized spacial score (nSPS) is 21.6. The molecule has 0 unspecified atom stereocenters. The van der Waals surface area contributed by atoms with Gasteiger partial charge in [-0.15, -0.1) is 0 Å². The van der Waals surface area contributed by atoms with E-state index in [0.29, 0.717) is 0 Å². The van der Waals surface area contributed by atoms with Gasteiger partial charge in [0.05, 0.1) is 12.1 Å². The minimum atomic E-state index is -0.109. The van der Waals surface area contributed by atoms with E-state index in [4.69, 9.17) is 4.74 Å². The Morgan fingerprint density at radius 1 is 1.23 bits per heavy atom. The highest BCUT2D eigenvalue weighted by atomic mass is 16.5. The third-order valence-electron chi connectivity index (χ3n) is 2.87. The molecule has 1 aromatic heterocycles. The van der Waals surface area contributed by atoms with E-state index >= 15 is 0 Å². The number of hydrogen-bond donors (Lipinski definition) is 1. The minimum Gasteiger partial charge on any atom is -0.394 e. The Hall–Kier alpha value is -0.800.